The van der Waals surface area contributed by atoms with Crippen LogP contribution in [-0.4, -0.2) is 64.0 Å². The summed E-state index contributed by atoms with van der Waals surface area (Å²) in [5.74, 6) is 0. The molecule has 0 saturated carbocycles. The van der Waals surface area contributed by atoms with Crippen molar-refractivity contribution in [3.05, 3.63) is 48.3 Å². The zero-order valence-electron chi connectivity index (χ0n) is 13.1. The Bertz CT molecular complexity index is 567. The largest absolute Gasteiger partial charge is 0.396 e. The topological polar surface area (TPSA) is 44.5 Å². The van der Waals surface area contributed by atoms with Crippen molar-refractivity contribution in [1.82, 2.24) is 19.6 Å². The van der Waals surface area contributed by atoms with Crippen molar-refractivity contribution < 1.29 is 5.11 Å². The molecule has 2 heterocycles. The molecule has 0 amide bonds. The van der Waals surface area contributed by atoms with E-state index in [0.29, 0.717) is 6.04 Å². The van der Waals surface area contributed by atoms with Gasteiger partial charge in [-0.05, 0) is 37.2 Å². The maximum atomic E-state index is 9.18. The number of nitrogens with zero attached hydrogens (tertiary/aromatic N) is 4. The van der Waals surface area contributed by atoms with Crippen molar-refractivity contribution >= 4 is 0 Å². The molecule has 1 unspecified atom stereocenters. The van der Waals surface area contributed by atoms with Gasteiger partial charge in [0.25, 0.3) is 0 Å². The van der Waals surface area contributed by atoms with E-state index in [0.717, 1.165) is 38.3 Å². The Labute approximate surface area is 131 Å². The molecule has 5 heteroatoms. The fourth-order valence-electron chi connectivity index (χ4n) is 3.05. The highest BCUT2D eigenvalue weighted by Gasteiger charge is 2.23. The number of likely N-dealkylation sites (N-methyl/N-ethyl adjacent to an activating group) is 1. The molecule has 3 rings (SSSR count). The Morgan fingerprint density at radius 2 is 2.05 bits per heavy atom. The van der Waals surface area contributed by atoms with Crippen LogP contribution in [0.4, 0.5) is 0 Å². The molecular weight excluding hydrogens is 276 g/mol. The molecule has 5 nitrogen and oxygen atoms in total. The maximum absolute atomic E-state index is 9.18. The van der Waals surface area contributed by atoms with E-state index < -0.39 is 0 Å². The number of rotatable bonds is 5. The molecule has 22 heavy (non-hydrogen) atoms. The summed E-state index contributed by atoms with van der Waals surface area (Å²) in [6, 6.07) is 11.0. The first-order chi connectivity index (χ1) is 10.8. The lowest BCUT2D eigenvalue weighted by Crippen LogP contribution is -2.51. The molecule has 1 aliphatic heterocycles. The van der Waals surface area contributed by atoms with E-state index in [1.165, 1.54) is 5.56 Å². The van der Waals surface area contributed by atoms with Gasteiger partial charge in [-0.15, -0.1) is 0 Å². The molecule has 0 aliphatic carbocycles. The Hall–Kier alpha value is -1.69. The Morgan fingerprint density at radius 1 is 1.23 bits per heavy atom. The lowest BCUT2D eigenvalue weighted by molar-refractivity contribution is 0.0743. The lowest BCUT2D eigenvalue weighted by atomic mass is 10.1. The third-order valence-electron chi connectivity index (χ3n) is 4.44. The van der Waals surface area contributed by atoms with E-state index >= 15 is 0 Å². The smallest absolute Gasteiger partial charge is 0.0645 e. The van der Waals surface area contributed by atoms with Crippen LogP contribution in [0, 0.1) is 0 Å². The molecule has 1 aromatic carbocycles. The summed E-state index contributed by atoms with van der Waals surface area (Å²) in [6.45, 7) is 4.41. The Balaban J connectivity index is 1.61. The average molecular weight is 300 g/mol. The van der Waals surface area contributed by atoms with E-state index in [2.05, 4.69) is 46.2 Å². The number of aliphatic hydroxyl groups is 1. The Kier molecular flexibility index (Phi) is 4.87. The minimum absolute atomic E-state index is 0.265. The van der Waals surface area contributed by atoms with Crippen LogP contribution in [0.1, 0.15) is 12.0 Å². The highest BCUT2D eigenvalue weighted by molar-refractivity contribution is 5.33. The van der Waals surface area contributed by atoms with Crippen LogP contribution in [0.5, 0.6) is 0 Å². The van der Waals surface area contributed by atoms with Crippen LogP contribution in [0.25, 0.3) is 5.69 Å². The van der Waals surface area contributed by atoms with Gasteiger partial charge in [0, 0.05) is 51.2 Å². The van der Waals surface area contributed by atoms with Crippen LogP contribution in [0.15, 0.2) is 42.7 Å². The van der Waals surface area contributed by atoms with Gasteiger partial charge in [0.2, 0.25) is 0 Å². The first-order valence-electron chi connectivity index (χ1n) is 7.88. The zero-order chi connectivity index (χ0) is 15.4. The normalized spacial score (nSPS) is 20.4. The van der Waals surface area contributed by atoms with Crippen LogP contribution in [-0.2, 0) is 6.54 Å². The van der Waals surface area contributed by atoms with Crippen molar-refractivity contribution in [2.75, 3.05) is 33.3 Å². The van der Waals surface area contributed by atoms with E-state index in [1.807, 2.05) is 16.9 Å². The van der Waals surface area contributed by atoms with Gasteiger partial charge >= 0.3 is 0 Å². The second-order valence-electron chi connectivity index (χ2n) is 6.00. The summed E-state index contributed by atoms with van der Waals surface area (Å²) in [5.41, 5.74) is 2.41. The van der Waals surface area contributed by atoms with Gasteiger partial charge in [0.05, 0.1) is 5.69 Å². The third-order valence-corrected chi connectivity index (χ3v) is 4.44. The summed E-state index contributed by atoms with van der Waals surface area (Å²) in [5, 5.41) is 13.4. The SMILES string of the molecule is CN1CCN(Cc2ccc(-n3cccn3)cc2)CC1CCO. The standard InChI is InChI=1S/C17H24N4O/c1-19-10-11-20(14-17(19)7-12-22)13-15-3-5-16(6-4-15)21-9-2-8-18-21/h2-6,8-9,17,22H,7,10-14H2,1H3. The van der Waals surface area contributed by atoms with Crippen LogP contribution >= 0.6 is 0 Å². The molecule has 1 aliphatic rings. The number of aromatic nitrogens is 2. The molecule has 2 aromatic rings. The van der Waals surface area contributed by atoms with E-state index in [-0.39, 0.29) is 6.61 Å². The highest BCUT2D eigenvalue weighted by Crippen LogP contribution is 2.15. The molecule has 1 N–H and O–H groups in total. The van der Waals surface area contributed by atoms with E-state index in [4.69, 9.17) is 0 Å². The monoisotopic (exact) mass is 300 g/mol. The lowest BCUT2D eigenvalue weighted by Gasteiger charge is -2.39. The second-order valence-corrected chi connectivity index (χ2v) is 6.00. The molecule has 0 spiro atoms. The molecule has 1 atom stereocenters. The minimum atomic E-state index is 0.265. The Morgan fingerprint density at radius 3 is 2.73 bits per heavy atom. The van der Waals surface area contributed by atoms with E-state index in [9.17, 15) is 5.11 Å². The van der Waals surface area contributed by atoms with Gasteiger partial charge in [-0.3, -0.25) is 4.90 Å². The van der Waals surface area contributed by atoms with Gasteiger partial charge in [-0.1, -0.05) is 12.1 Å². The van der Waals surface area contributed by atoms with Crippen molar-refractivity contribution in [2.45, 2.75) is 19.0 Å². The zero-order valence-corrected chi connectivity index (χ0v) is 13.1. The number of piperazine rings is 1. The fraction of sp³-hybridized carbons (Fsp3) is 0.471. The molecular formula is C17H24N4O. The minimum Gasteiger partial charge on any atom is -0.396 e. The van der Waals surface area contributed by atoms with Gasteiger partial charge in [0.15, 0.2) is 0 Å². The van der Waals surface area contributed by atoms with E-state index in [1.54, 1.807) is 6.20 Å². The van der Waals surface area contributed by atoms with Gasteiger partial charge in [-0.2, -0.15) is 5.10 Å². The van der Waals surface area contributed by atoms with Crippen molar-refractivity contribution in [3.63, 3.8) is 0 Å². The first kappa shape index (κ1) is 15.2. The molecule has 0 bridgehead atoms. The van der Waals surface area contributed by atoms with Crippen molar-refractivity contribution in [3.8, 4) is 5.69 Å². The summed E-state index contributed by atoms with van der Waals surface area (Å²) < 4.78 is 1.87. The van der Waals surface area contributed by atoms with Crippen LogP contribution < -0.4 is 0 Å². The molecule has 0 radical (unpaired) electrons. The van der Waals surface area contributed by atoms with Crippen LogP contribution in [0.2, 0.25) is 0 Å². The van der Waals surface area contributed by atoms with Gasteiger partial charge in [-0.25, -0.2) is 4.68 Å². The number of hydrogen-bond donors (Lipinski definition) is 1. The fourth-order valence-corrected chi connectivity index (χ4v) is 3.05. The predicted molar refractivity (Wildman–Crippen MR) is 87.0 cm³/mol. The molecule has 118 valence electrons. The summed E-state index contributed by atoms with van der Waals surface area (Å²) in [7, 11) is 2.15. The number of aliphatic hydroxyl groups excluding tert-OH is 1. The van der Waals surface area contributed by atoms with Gasteiger partial charge in [0.1, 0.15) is 0 Å². The summed E-state index contributed by atoms with van der Waals surface area (Å²) >= 11 is 0. The predicted octanol–water partition coefficient (Wildman–Crippen LogP) is 1.37. The molecule has 1 aromatic heterocycles. The summed E-state index contributed by atoms with van der Waals surface area (Å²) in [4.78, 5) is 4.83. The maximum Gasteiger partial charge on any atom is 0.0645 e. The highest BCUT2D eigenvalue weighted by atomic mass is 16.3. The summed E-state index contributed by atoms with van der Waals surface area (Å²) in [6.07, 6.45) is 4.60. The van der Waals surface area contributed by atoms with Crippen molar-refractivity contribution in [1.29, 1.82) is 0 Å². The number of benzene rings is 1. The van der Waals surface area contributed by atoms with Crippen molar-refractivity contribution in [2.24, 2.45) is 0 Å². The second kappa shape index (κ2) is 7.05. The number of hydrogen-bond acceptors (Lipinski definition) is 4. The van der Waals surface area contributed by atoms with Crippen LogP contribution in [0.3, 0.4) is 0 Å². The quantitative estimate of drug-likeness (QED) is 0.906. The molecule has 1 saturated heterocycles. The molecule has 1 fully saturated rings. The van der Waals surface area contributed by atoms with Gasteiger partial charge < -0.3 is 10.0 Å². The average Bonchev–Trinajstić information content (AvgIpc) is 3.06. The first-order valence-corrected chi connectivity index (χ1v) is 7.88. The third kappa shape index (κ3) is 3.55.